The number of carbonyl (C=O) groups excluding carboxylic acids is 1. The van der Waals surface area contributed by atoms with E-state index in [2.05, 4.69) is 4.99 Å². The fraction of sp³-hybridized carbons (Fsp3) is 0.364. The fourth-order valence-electron chi connectivity index (χ4n) is 1.76. The summed E-state index contributed by atoms with van der Waals surface area (Å²) < 4.78 is 18.5. The van der Waals surface area contributed by atoms with E-state index in [9.17, 15) is 14.3 Å². The highest BCUT2D eigenvalue weighted by Crippen LogP contribution is 2.53. The summed E-state index contributed by atoms with van der Waals surface area (Å²) in [7, 11) is 1.31. The van der Waals surface area contributed by atoms with Gasteiger partial charge in [0.2, 0.25) is 11.9 Å². The van der Waals surface area contributed by atoms with E-state index >= 15 is 0 Å². The molecule has 0 aliphatic heterocycles. The predicted molar refractivity (Wildman–Crippen MR) is 53.7 cm³/mol. The molecule has 0 heterocycles. The summed E-state index contributed by atoms with van der Waals surface area (Å²) in [6, 6.07) is 2.75. The van der Waals surface area contributed by atoms with Gasteiger partial charge in [-0.15, -0.1) is 0 Å². The molecule has 0 spiro atoms. The van der Waals surface area contributed by atoms with E-state index in [1.807, 2.05) is 0 Å². The van der Waals surface area contributed by atoms with Gasteiger partial charge in [0.15, 0.2) is 11.5 Å². The Morgan fingerprint density at radius 3 is 2.75 bits per heavy atom. The molecule has 1 aromatic carbocycles. The number of methoxy groups -OCH3 is 1. The van der Waals surface area contributed by atoms with Crippen LogP contribution in [0.15, 0.2) is 17.1 Å². The van der Waals surface area contributed by atoms with Crippen molar-refractivity contribution in [2.45, 2.75) is 18.4 Å². The molecule has 1 N–H and O–H groups in total. The Balaban J connectivity index is 2.57. The van der Waals surface area contributed by atoms with Crippen molar-refractivity contribution >= 4 is 6.08 Å². The maximum Gasteiger partial charge on any atom is 0.235 e. The second kappa shape index (κ2) is 3.61. The van der Waals surface area contributed by atoms with Crippen molar-refractivity contribution in [1.82, 2.24) is 0 Å². The van der Waals surface area contributed by atoms with Crippen LogP contribution in [-0.4, -0.2) is 18.3 Å². The molecule has 5 heteroatoms. The number of isocyanates is 1. The highest BCUT2D eigenvalue weighted by molar-refractivity contribution is 5.50. The lowest BCUT2D eigenvalue weighted by molar-refractivity contribution is 0.356. The first-order valence-corrected chi connectivity index (χ1v) is 4.79. The van der Waals surface area contributed by atoms with Crippen molar-refractivity contribution in [1.29, 1.82) is 0 Å². The first-order valence-electron chi connectivity index (χ1n) is 4.79. The Morgan fingerprint density at radius 1 is 1.56 bits per heavy atom. The number of aromatic hydroxyl groups is 1. The molecular formula is C11H10FNO3. The second-order valence-electron chi connectivity index (χ2n) is 3.71. The van der Waals surface area contributed by atoms with E-state index in [4.69, 9.17) is 4.74 Å². The summed E-state index contributed by atoms with van der Waals surface area (Å²) in [6.07, 6.45) is 2.80. The number of hydrogen-bond acceptors (Lipinski definition) is 4. The molecule has 0 saturated heterocycles. The van der Waals surface area contributed by atoms with Crippen LogP contribution in [0.3, 0.4) is 0 Å². The molecule has 1 saturated carbocycles. The molecule has 0 unspecified atom stereocenters. The van der Waals surface area contributed by atoms with Gasteiger partial charge in [-0.05, 0) is 25.0 Å². The number of nitrogens with zero attached hydrogens (tertiary/aromatic N) is 1. The van der Waals surface area contributed by atoms with Crippen LogP contribution in [0.5, 0.6) is 11.5 Å². The maximum absolute atomic E-state index is 13.5. The predicted octanol–water partition coefficient (Wildman–Crippen LogP) is 1.86. The number of aliphatic imine (C=N–C) groups is 1. The minimum absolute atomic E-state index is 0.0588. The van der Waals surface area contributed by atoms with Crippen molar-refractivity contribution in [3.63, 3.8) is 0 Å². The van der Waals surface area contributed by atoms with Crippen LogP contribution in [-0.2, 0) is 10.3 Å². The van der Waals surface area contributed by atoms with E-state index in [0.717, 1.165) is 0 Å². The van der Waals surface area contributed by atoms with Crippen LogP contribution in [0.25, 0.3) is 0 Å². The highest BCUT2D eigenvalue weighted by Gasteiger charge is 2.47. The Hall–Kier alpha value is -1.87. The Labute approximate surface area is 91.4 Å². The average molecular weight is 223 g/mol. The molecule has 4 nitrogen and oxygen atoms in total. The lowest BCUT2D eigenvalue weighted by atomic mass is 10.0. The van der Waals surface area contributed by atoms with Gasteiger partial charge in [0.1, 0.15) is 5.54 Å². The molecule has 0 aromatic heterocycles. The molecule has 1 aliphatic carbocycles. The van der Waals surface area contributed by atoms with Crippen molar-refractivity contribution in [3.8, 4) is 11.5 Å². The monoisotopic (exact) mass is 223 g/mol. The third-order valence-corrected chi connectivity index (χ3v) is 2.77. The number of phenols is 1. The lowest BCUT2D eigenvalue weighted by Gasteiger charge is -2.14. The fourth-order valence-corrected chi connectivity index (χ4v) is 1.76. The smallest absolute Gasteiger partial charge is 0.235 e. The Morgan fingerprint density at radius 2 is 2.25 bits per heavy atom. The third-order valence-electron chi connectivity index (χ3n) is 2.77. The van der Waals surface area contributed by atoms with Crippen LogP contribution in [0.1, 0.15) is 18.4 Å². The standard InChI is InChI=1S/C11H10FNO3/c1-16-10-7(2-3-8(15)9(10)12)11(4-5-11)13-6-14/h2-3,15H,4-5H2,1H3. The zero-order valence-corrected chi connectivity index (χ0v) is 8.66. The van der Waals surface area contributed by atoms with E-state index in [-0.39, 0.29) is 5.75 Å². The lowest BCUT2D eigenvalue weighted by Crippen LogP contribution is -2.06. The number of hydrogen-bond donors (Lipinski definition) is 1. The van der Waals surface area contributed by atoms with Crippen LogP contribution in [0, 0.1) is 5.82 Å². The number of rotatable bonds is 3. The minimum Gasteiger partial charge on any atom is -0.505 e. The van der Waals surface area contributed by atoms with Crippen LogP contribution in [0.2, 0.25) is 0 Å². The summed E-state index contributed by atoms with van der Waals surface area (Å²) in [5.41, 5.74) is -0.226. The van der Waals surface area contributed by atoms with Crippen molar-refractivity contribution in [2.24, 2.45) is 4.99 Å². The summed E-state index contributed by atoms with van der Waals surface area (Å²) >= 11 is 0. The molecule has 84 valence electrons. The van der Waals surface area contributed by atoms with Gasteiger partial charge in [0.25, 0.3) is 0 Å². The van der Waals surface area contributed by atoms with Crippen LogP contribution >= 0.6 is 0 Å². The summed E-state index contributed by atoms with van der Waals surface area (Å²) in [5, 5.41) is 9.21. The van der Waals surface area contributed by atoms with Gasteiger partial charge in [0, 0.05) is 5.56 Å². The SMILES string of the molecule is COc1c(C2(N=C=O)CC2)ccc(O)c1F. The van der Waals surface area contributed by atoms with E-state index in [0.29, 0.717) is 18.4 Å². The summed E-state index contributed by atoms with van der Waals surface area (Å²) in [4.78, 5) is 14.0. The molecule has 0 atom stereocenters. The molecule has 1 aliphatic rings. The number of benzene rings is 1. The quantitative estimate of drug-likeness (QED) is 0.628. The van der Waals surface area contributed by atoms with Crippen LogP contribution in [0.4, 0.5) is 4.39 Å². The topological polar surface area (TPSA) is 58.9 Å². The zero-order valence-electron chi connectivity index (χ0n) is 8.66. The Bertz CT molecular complexity index is 476. The van der Waals surface area contributed by atoms with Gasteiger partial charge in [-0.1, -0.05) is 0 Å². The van der Waals surface area contributed by atoms with Crippen molar-refractivity contribution < 1.29 is 19.0 Å². The third kappa shape index (κ3) is 1.46. The van der Waals surface area contributed by atoms with Gasteiger partial charge < -0.3 is 9.84 Å². The Kier molecular flexibility index (Phi) is 2.40. The molecule has 0 bridgehead atoms. The normalized spacial score (nSPS) is 16.4. The second-order valence-corrected chi connectivity index (χ2v) is 3.71. The van der Waals surface area contributed by atoms with Gasteiger partial charge in [-0.2, -0.15) is 9.38 Å². The van der Waals surface area contributed by atoms with Crippen LogP contribution < -0.4 is 4.74 Å². The maximum atomic E-state index is 13.5. The van der Waals surface area contributed by atoms with Crippen molar-refractivity contribution in [3.05, 3.63) is 23.5 Å². The van der Waals surface area contributed by atoms with E-state index < -0.39 is 17.1 Å². The molecule has 2 rings (SSSR count). The first kappa shape index (κ1) is 10.6. The molecule has 0 amide bonds. The average Bonchev–Trinajstić information content (AvgIpc) is 3.03. The van der Waals surface area contributed by atoms with Gasteiger partial charge in [-0.3, -0.25) is 0 Å². The number of halogens is 1. The highest BCUT2D eigenvalue weighted by atomic mass is 19.1. The molecular weight excluding hydrogens is 213 g/mol. The molecule has 1 fully saturated rings. The molecule has 1 aromatic rings. The minimum atomic E-state index is -0.827. The largest absolute Gasteiger partial charge is 0.505 e. The summed E-state index contributed by atoms with van der Waals surface area (Å²) in [6.45, 7) is 0. The van der Waals surface area contributed by atoms with Gasteiger partial charge >= 0.3 is 0 Å². The molecule has 0 radical (unpaired) electrons. The van der Waals surface area contributed by atoms with E-state index in [1.54, 1.807) is 0 Å². The zero-order chi connectivity index (χ0) is 11.8. The van der Waals surface area contributed by atoms with Crippen molar-refractivity contribution in [2.75, 3.05) is 7.11 Å². The summed E-state index contributed by atoms with van der Waals surface area (Å²) in [5.74, 6) is -1.37. The van der Waals surface area contributed by atoms with Gasteiger partial charge in [0.05, 0.1) is 7.11 Å². The molecule has 16 heavy (non-hydrogen) atoms. The van der Waals surface area contributed by atoms with E-state index in [1.165, 1.54) is 25.3 Å². The number of ether oxygens (including phenoxy) is 1. The number of phenolic OH excluding ortho intramolecular Hbond substituents is 1. The first-order chi connectivity index (χ1) is 7.64. The van der Waals surface area contributed by atoms with Gasteiger partial charge in [-0.25, -0.2) is 4.79 Å².